The first-order valence-corrected chi connectivity index (χ1v) is 6.83. The second kappa shape index (κ2) is 6.26. The molecule has 6 heteroatoms. The van der Waals surface area contributed by atoms with E-state index in [0.717, 1.165) is 5.56 Å². The second-order valence-electron chi connectivity index (χ2n) is 4.76. The Hall–Kier alpha value is -2.89. The van der Waals surface area contributed by atoms with Gasteiger partial charge in [-0.3, -0.25) is 9.78 Å². The lowest BCUT2D eigenvalue weighted by molar-refractivity contribution is -0.120. The predicted octanol–water partition coefficient (Wildman–Crippen LogP) is 2.09. The van der Waals surface area contributed by atoms with Gasteiger partial charge in [-0.1, -0.05) is 6.07 Å². The summed E-state index contributed by atoms with van der Waals surface area (Å²) in [6.45, 7) is 0.246. The molecule has 112 valence electrons. The van der Waals surface area contributed by atoms with Crippen molar-refractivity contribution in [3.8, 4) is 5.75 Å². The van der Waals surface area contributed by atoms with Crippen molar-refractivity contribution in [1.82, 2.24) is 15.3 Å². The number of fused-ring (bicyclic) bond motifs is 1. The summed E-state index contributed by atoms with van der Waals surface area (Å²) in [4.78, 5) is 20.2. The van der Waals surface area contributed by atoms with Crippen molar-refractivity contribution in [2.75, 3.05) is 7.11 Å². The van der Waals surface area contributed by atoms with Crippen molar-refractivity contribution < 1.29 is 13.9 Å². The van der Waals surface area contributed by atoms with Crippen LogP contribution in [0.15, 0.2) is 47.1 Å². The molecule has 0 bridgehead atoms. The van der Waals surface area contributed by atoms with Gasteiger partial charge >= 0.3 is 0 Å². The number of rotatable bonds is 5. The molecule has 0 unspecified atom stereocenters. The molecule has 0 atom stereocenters. The fraction of sp³-hybridized carbons (Fsp3) is 0.188. The van der Waals surface area contributed by atoms with Crippen molar-refractivity contribution in [3.05, 3.63) is 54.2 Å². The number of oxazole rings is 1. The number of ether oxygens (including phenoxy) is 1. The van der Waals surface area contributed by atoms with Crippen LogP contribution >= 0.6 is 0 Å². The van der Waals surface area contributed by atoms with Gasteiger partial charge in [-0.15, -0.1) is 0 Å². The van der Waals surface area contributed by atoms with E-state index in [1.807, 2.05) is 6.07 Å². The van der Waals surface area contributed by atoms with Gasteiger partial charge in [-0.25, -0.2) is 4.98 Å². The summed E-state index contributed by atoms with van der Waals surface area (Å²) in [7, 11) is 1.60. The largest absolute Gasteiger partial charge is 0.497 e. The Morgan fingerprint density at radius 1 is 1.36 bits per heavy atom. The van der Waals surface area contributed by atoms with E-state index < -0.39 is 0 Å². The Labute approximate surface area is 127 Å². The smallest absolute Gasteiger partial charge is 0.224 e. The summed E-state index contributed by atoms with van der Waals surface area (Å²) >= 11 is 0. The number of amides is 1. The molecule has 0 spiro atoms. The van der Waals surface area contributed by atoms with E-state index in [9.17, 15) is 4.79 Å². The van der Waals surface area contributed by atoms with Crippen molar-refractivity contribution in [2.45, 2.75) is 13.0 Å². The molecule has 0 saturated carbocycles. The van der Waals surface area contributed by atoms with Gasteiger partial charge in [0.2, 0.25) is 11.8 Å². The number of hydrogen-bond donors (Lipinski definition) is 1. The van der Waals surface area contributed by atoms with E-state index in [2.05, 4.69) is 15.3 Å². The molecular formula is C16H15N3O3. The average Bonchev–Trinajstić information content (AvgIpc) is 2.95. The van der Waals surface area contributed by atoms with Crippen LogP contribution in [0.1, 0.15) is 11.5 Å². The van der Waals surface area contributed by atoms with Crippen LogP contribution in [0.3, 0.4) is 0 Å². The SMILES string of the molecule is COc1ccc2oc(CNC(=O)Cc3cccnc3)nc2c1. The number of hydrogen-bond acceptors (Lipinski definition) is 5. The molecule has 2 aromatic heterocycles. The fourth-order valence-electron chi connectivity index (χ4n) is 2.08. The van der Waals surface area contributed by atoms with E-state index in [4.69, 9.17) is 9.15 Å². The monoisotopic (exact) mass is 297 g/mol. The standard InChI is InChI=1S/C16H15N3O3/c1-21-12-4-5-14-13(8-12)19-16(22-14)10-18-15(20)7-11-3-2-6-17-9-11/h2-6,8-9H,7,10H2,1H3,(H,18,20). The predicted molar refractivity (Wildman–Crippen MR) is 80.3 cm³/mol. The van der Waals surface area contributed by atoms with E-state index in [0.29, 0.717) is 22.7 Å². The van der Waals surface area contributed by atoms with Crippen LogP contribution < -0.4 is 10.1 Å². The molecule has 1 amide bonds. The third-order valence-corrected chi connectivity index (χ3v) is 3.16. The topological polar surface area (TPSA) is 77.2 Å². The Kier molecular flexibility index (Phi) is 4.00. The van der Waals surface area contributed by atoms with Gasteiger partial charge in [0.15, 0.2) is 5.58 Å². The summed E-state index contributed by atoms with van der Waals surface area (Å²) in [5.41, 5.74) is 2.23. The quantitative estimate of drug-likeness (QED) is 0.780. The number of nitrogens with zero attached hydrogens (tertiary/aromatic N) is 2. The summed E-state index contributed by atoms with van der Waals surface area (Å²) in [5, 5.41) is 2.78. The highest BCUT2D eigenvalue weighted by atomic mass is 16.5. The maximum Gasteiger partial charge on any atom is 0.224 e. The molecular weight excluding hydrogens is 282 g/mol. The highest BCUT2D eigenvalue weighted by molar-refractivity contribution is 5.78. The van der Waals surface area contributed by atoms with Crippen LogP contribution in [0.2, 0.25) is 0 Å². The van der Waals surface area contributed by atoms with Crippen molar-refractivity contribution >= 4 is 17.0 Å². The Bertz CT molecular complexity index is 784. The zero-order chi connectivity index (χ0) is 15.4. The van der Waals surface area contributed by atoms with Gasteiger partial charge in [0.05, 0.1) is 20.1 Å². The Morgan fingerprint density at radius 2 is 2.27 bits per heavy atom. The van der Waals surface area contributed by atoms with Crippen LogP contribution in [-0.2, 0) is 17.8 Å². The summed E-state index contributed by atoms with van der Waals surface area (Å²) in [6.07, 6.45) is 3.63. The Balaban J connectivity index is 1.62. The maximum absolute atomic E-state index is 11.9. The summed E-state index contributed by atoms with van der Waals surface area (Å²) in [5.74, 6) is 1.07. The van der Waals surface area contributed by atoms with Crippen molar-refractivity contribution in [1.29, 1.82) is 0 Å². The molecule has 0 aliphatic heterocycles. The van der Waals surface area contributed by atoms with Gasteiger partial charge in [0, 0.05) is 18.5 Å². The number of carbonyl (C=O) groups is 1. The minimum Gasteiger partial charge on any atom is -0.497 e. The molecule has 22 heavy (non-hydrogen) atoms. The minimum atomic E-state index is -0.104. The lowest BCUT2D eigenvalue weighted by Crippen LogP contribution is -2.24. The molecule has 0 saturated heterocycles. The van der Waals surface area contributed by atoms with Gasteiger partial charge < -0.3 is 14.5 Å². The zero-order valence-corrected chi connectivity index (χ0v) is 12.1. The molecule has 3 aromatic rings. The fourth-order valence-corrected chi connectivity index (χ4v) is 2.08. The summed E-state index contributed by atoms with van der Waals surface area (Å²) in [6, 6.07) is 9.05. The van der Waals surface area contributed by atoms with E-state index in [-0.39, 0.29) is 18.9 Å². The number of pyridine rings is 1. The van der Waals surface area contributed by atoms with Crippen molar-refractivity contribution in [2.24, 2.45) is 0 Å². The molecule has 0 aliphatic carbocycles. The van der Waals surface area contributed by atoms with Gasteiger partial charge in [-0.2, -0.15) is 0 Å². The van der Waals surface area contributed by atoms with Crippen molar-refractivity contribution in [3.63, 3.8) is 0 Å². The number of nitrogens with one attached hydrogen (secondary N) is 1. The number of carbonyl (C=O) groups excluding carboxylic acids is 1. The zero-order valence-electron chi connectivity index (χ0n) is 12.1. The average molecular weight is 297 g/mol. The Morgan fingerprint density at radius 3 is 3.05 bits per heavy atom. The maximum atomic E-state index is 11.9. The number of aromatic nitrogens is 2. The van der Waals surface area contributed by atoms with Crippen LogP contribution in [0, 0.1) is 0 Å². The third kappa shape index (κ3) is 3.22. The lowest BCUT2D eigenvalue weighted by Gasteiger charge is -2.02. The van der Waals surface area contributed by atoms with Crippen LogP contribution in [0.25, 0.3) is 11.1 Å². The molecule has 0 radical (unpaired) electrons. The third-order valence-electron chi connectivity index (χ3n) is 3.16. The van der Waals surface area contributed by atoms with Crippen LogP contribution in [0.5, 0.6) is 5.75 Å². The summed E-state index contributed by atoms with van der Waals surface area (Å²) < 4.78 is 10.7. The molecule has 0 aliphatic rings. The first-order valence-electron chi connectivity index (χ1n) is 6.83. The van der Waals surface area contributed by atoms with E-state index in [1.54, 1.807) is 43.8 Å². The molecule has 6 nitrogen and oxygen atoms in total. The molecule has 2 heterocycles. The lowest BCUT2D eigenvalue weighted by atomic mass is 10.2. The molecule has 1 N–H and O–H groups in total. The van der Waals surface area contributed by atoms with Gasteiger partial charge in [-0.05, 0) is 23.8 Å². The molecule has 0 fully saturated rings. The van der Waals surface area contributed by atoms with E-state index >= 15 is 0 Å². The highest BCUT2D eigenvalue weighted by Crippen LogP contribution is 2.21. The molecule has 3 rings (SSSR count). The first kappa shape index (κ1) is 14.1. The second-order valence-corrected chi connectivity index (χ2v) is 4.76. The highest BCUT2D eigenvalue weighted by Gasteiger charge is 2.09. The van der Waals surface area contributed by atoms with E-state index in [1.165, 1.54) is 0 Å². The van der Waals surface area contributed by atoms with Gasteiger partial charge in [0.1, 0.15) is 11.3 Å². The first-order chi connectivity index (χ1) is 10.7. The number of methoxy groups -OCH3 is 1. The number of benzene rings is 1. The minimum absolute atomic E-state index is 0.104. The van der Waals surface area contributed by atoms with Crippen LogP contribution in [0.4, 0.5) is 0 Å². The van der Waals surface area contributed by atoms with Gasteiger partial charge in [0.25, 0.3) is 0 Å². The van der Waals surface area contributed by atoms with Crippen LogP contribution in [-0.4, -0.2) is 23.0 Å². The normalized spacial score (nSPS) is 10.6. The molecule has 1 aromatic carbocycles.